The van der Waals surface area contributed by atoms with Crippen LogP contribution in [0, 0.1) is 12.8 Å². The molecule has 2 aromatic rings. The molecule has 4 rings (SSSR count). The predicted molar refractivity (Wildman–Crippen MR) is 107 cm³/mol. The van der Waals surface area contributed by atoms with Gasteiger partial charge in [0, 0.05) is 26.1 Å². The molecule has 0 unspecified atom stereocenters. The van der Waals surface area contributed by atoms with E-state index in [0.29, 0.717) is 47.6 Å². The number of methoxy groups -OCH3 is 1. The molecule has 0 saturated carbocycles. The van der Waals surface area contributed by atoms with E-state index in [1.54, 1.807) is 9.47 Å². The van der Waals surface area contributed by atoms with Crippen molar-refractivity contribution in [3.63, 3.8) is 0 Å². The maximum atomic E-state index is 13.1. The standard InChI is InChI=1S/C20H25N3O4S/c1-12-15-17(21-14-6-4-3-5-9-23(14)18(15)24)28-16(12)19(25)22-10-7-13(8-11-22)20(26)27-2/h13H,3-11H2,1-2H3. The summed E-state index contributed by atoms with van der Waals surface area (Å²) in [6.45, 7) is 3.60. The highest BCUT2D eigenvalue weighted by molar-refractivity contribution is 7.20. The molecule has 0 aliphatic carbocycles. The number of piperidine rings is 1. The molecule has 28 heavy (non-hydrogen) atoms. The zero-order chi connectivity index (χ0) is 19.8. The lowest BCUT2D eigenvalue weighted by molar-refractivity contribution is -0.146. The Labute approximate surface area is 167 Å². The molecule has 0 atom stereocenters. The van der Waals surface area contributed by atoms with Gasteiger partial charge in [0.1, 0.15) is 10.7 Å². The Hall–Kier alpha value is -2.22. The highest BCUT2D eigenvalue weighted by Gasteiger charge is 2.30. The Bertz CT molecular complexity index is 985. The zero-order valence-corrected chi connectivity index (χ0v) is 17.1. The van der Waals surface area contributed by atoms with E-state index >= 15 is 0 Å². The molecular weight excluding hydrogens is 378 g/mol. The summed E-state index contributed by atoms with van der Waals surface area (Å²) < 4.78 is 6.61. The summed E-state index contributed by atoms with van der Waals surface area (Å²) in [6, 6.07) is 0. The minimum atomic E-state index is -0.205. The first-order valence-electron chi connectivity index (χ1n) is 9.91. The van der Waals surface area contributed by atoms with Crippen LogP contribution in [0.25, 0.3) is 10.2 Å². The lowest BCUT2D eigenvalue weighted by atomic mass is 9.97. The second-order valence-electron chi connectivity index (χ2n) is 7.62. The molecule has 8 heteroatoms. The Morgan fingerprint density at radius 3 is 2.61 bits per heavy atom. The van der Waals surface area contributed by atoms with Gasteiger partial charge in [0.25, 0.3) is 11.5 Å². The summed E-state index contributed by atoms with van der Waals surface area (Å²) in [7, 11) is 1.40. The molecule has 1 saturated heterocycles. The van der Waals surface area contributed by atoms with E-state index in [-0.39, 0.29) is 23.4 Å². The van der Waals surface area contributed by atoms with Gasteiger partial charge in [0.15, 0.2) is 0 Å². The molecule has 1 amide bonds. The van der Waals surface area contributed by atoms with E-state index in [4.69, 9.17) is 9.72 Å². The van der Waals surface area contributed by atoms with Gasteiger partial charge in [0.05, 0.1) is 23.3 Å². The van der Waals surface area contributed by atoms with Crippen LogP contribution in [0.4, 0.5) is 0 Å². The van der Waals surface area contributed by atoms with Crippen molar-refractivity contribution in [2.45, 2.75) is 52.0 Å². The summed E-state index contributed by atoms with van der Waals surface area (Å²) in [4.78, 5) is 45.7. The molecular formula is C20H25N3O4S. The highest BCUT2D eigenvalue weighted by Crippen LogP contribution is 2.30. The third-order valence-electron chi connectivity index (χ3n) is 5.92. The first-order chi connectivity index (χ1) is 13.5. The molecule has 1 fully saturated rings. The number of esters is 1. The quantitative estimate of drug-likeness (QED) is 0.720. The molecule has 4 heterocycles. The molecule has 2 aromatic heterocycles. The van der Waals surface area contributed by atoms with Crippen molar-refractivity contribution in [1.82, 2.24) is 14.5 Å². The van der Waals surface area contributed by atoms with E-state index < -0.39 is 0 Å². The second kappa shape index (κ2) is 7.66. The van der Waals surface area contributed by atoms with Gasteiger partial charge in [-0.25, -0.2) is 4.98 Å². The number of rotatable bonds is 2. The molecule has 2 aliphatic heterocycles. The number of nitrogens with zero attached hydrogens (tertiary/aromatic N) is 3. The Morgan fingerprint density at radius 2 is 1.89 bits per heavy atom. The van der Waals surface area contributed by atoms with Crippen molar-refractivity contribution >= 4 is 33.4 Å². The number of amides is 1. The van der Waals surface area contributed by atoms with E-state index in [9.17, 15) is 14.4 Å². The average molecular weight is 404 g/mol. The van der Waals surface area contributed by atoms with Crippen molar-refractivity contribution < 1.29 is 14.3 Å². The van der Waals surface area contributed by atoms with Gasteiger partial charge in [-0.1, -0.05) is 6.42 Å². The van der Waals surface area contributed by atoms with Gasteiger partial charge in [0.2, 0.25) is 0 Å². The SMILES string of the molecule is COC(=O)C1CCN(C(=O)c2sc3nc4n(c(=O)c3c2C)CCCCC4)CC1. The Kier molecular flexibility index (Phi) is 5.23. The van der Waals surface area contributed by atoms with Gasteiger partial charge in [-0.05, 0) is 38.2 Å². The van der Waals surface area contributed by atoms with E-state index in [1.165, 1.54) is 18.4 Å². The van der Waals surface area contributed by atoms with Gasteiger partial charge < -0.3 is 9.64 Å². The molecule has 150 valence electrons. The molecule has 0 aromatic carbocycles. The number of carbonyl (C=O) groups excluding carboxylic acids is 2. The fourth-order valence-electron chi connectivity index (χ4n) is 4.24. The predicted octanol–water partition coefficient (Wildman–Crippen LogP) is 2.52. The third kappa shape index (κ3) is 3.23. The zero-order valence-electron chi connectivity index (χ0n) is 16.3. The summed E-state index contributed by atoms with van der Waals surface area (Å²) in [5, 5.41) is 0.587. The third-order valence-corrected chi connectivity index (χ3v) is 7.10. The summed E-state index contributed by atoms with van der Waals surface area (Å²) >= 11 is 1.32. The first kappa shape index (κ1) is 19.1. The minimum Gasteiger partial charge on any atom is -0.469 e. The van der Waals surface area contributed by atoms with Crippen LogP contribution in [0.2, 0.25) is 0 Å². The minimum absolute atomic E-state index is 0.0147. The van der Waals surface area contributed by atoms with Crippen molar-refractivity contribution in [3.8, 4) is 0 Å². The average Bonchev–Trinajstić information content (AvgIpc) is 2.88. The Balaban J connectivity index is 1.64. The van der Waals surface area contributed by atoms with Crippen molar-refractivity contribution in [2.24, 2.45) is 5.92 Å². The van der Waals surface area contributed by atoms with Crippen molar-refractivity contribution in [3.05, 3.63) is 26.6 Å². The van der Waals surface area contributed by atoms with Crippen LogP contribution in [0.3, 0.4) is 0 Å². The van der Waals surface area contributed by atoms with Gasteiger partial charge in [-0.15, -0.1) is 11.3 Å². The molecule has 0 N–H and O–H groups in total. The van der Waals surface area contributed by atoms with Crippen LogP contribution >= 0.6 is 11.3 Å². The molecule has 7 nitrogen and oxygen atoms in total. The smallest absolute Gasteiger partial charge is 0.308 e. The van der Waals surface area contributed by atoms with Gasteiger partial charge in [-0.3, -0.25) is 19.0 Å². The number of likely N-dealkylation sites (tertiary alicyclic amines) is 1. The van der Waals surface area contributed by atoms with Crippen LogP contribution in [-0.4, -0.2) is 46.5 Å². The van der Waals surface area contributed by atoms with Crippen molar-refractivity contribution in [2.75, 3.05) is 20.2 Å². The van der Waals surface area contributed by atoms with E-state index in [1.807, 2.05) is 6.92 Å². The topological polar surface area (TPSA) is 81.5 Å². The van der Waals surface area contributed by atoms with Gasteiger partial charge in [-0.2, -0.15) is 0 Å². The maximum Gasteiger partial charge on any atom is 0.308 e. The maximum absolute atomic E-state index is 13.1. The van der Waals surface area contributed by atoms with Crippen LogP contribution in [0.15, 0.2) is 4.79 Å². The normalized spacial score (nSPS) is 18.0. The molecule has 2 aliphatic rings. The molecule has 0 radical (unpaired) electrons. The van der Waals surface area contributed by atoms with Crippen LogP contribution in [0.5, 0.6) is 0 Å². The van der Waals surface area contributed by atoms with E-state index in [0.717, 1.165) is 37.1 Å². The first-order valence-corrected chi connectivity index (χ1v) is 10.7. The molecule has 0 bridgehead atoms. The number of fused-ring (bicyclic) bond motifs is 2. The monoisotopic (exact) mass is 403 g/mol. The van der Waals surface area contributed by atoms with Crippen LogP contribution < -0.4 is 5.56 Å². The van der Waals surface area contributed by atoms with Crippen molar-refractivity contribution in [1.29, 1.82) is 0 Å². The van der Waals surface area contributed by atoms with Crippen LogP contribution in [-0.2, 0) is 22.5 Å². The summed E-state index contributed by atoms with van der Waals surface area (Å²) in [5.41, 5.74) is 0.719. The largest absolute Gasteiger partial charge is 0.469 e. The second-order valence-corrected chi connectivity index (χ2v) is 8.62. The number of hydrogen-bond donors (Lipinski definition) is 0. The number of ether oxygens (including phenoxy) is 1. The number of hydrogen-bond acceptors (Lipinski definition) is 6. The lowest BCUT2D eigenvalue weighted by Crippen LogP contribution is -2.40. The lowest BCUT2D eigenvalue weighted by Gasteiger charge is -2.30. The van der Waals surface area contributed by atoms with Crippen LogP contribution in [0.1, 0.15) is 53.2 Å². The Morgan fingerprint density at radius 1 is 1.14 bits per heavy atom. The van der Waals surface area contributed by atoms with Gasteiger partial charge >= 0.3 is 5.97 Å². The fourth-order valence-corrected chi connectivity index (χ4v) is 5.40. The molecule has 0 spiro atoms. The number of aromatic nitrogens is 2. The summed E-state index contributed by atoms with van der Waals surface area (Å²) in [6.07, 6.45) is 5.18. The highest BCUT2D eigenvalue weighted by atomic mass is 32.1. The number of carbonyl (C=O) groups is 2. The number of thiophene rings is 1. The van der Waals surface area contributed by atoms with E-state index in [2.05, 4.69) is 0 Å². The summed E-state index contributed by atoms with van der Waals surface area (Å²) in [5.74, 6) is 0.431. The number of aryl methyl sites for hydroxylation is 2. The fraction of sp³-hybridized carbons (Fsp3) is 0.600.